The van der Waals surface area contributed by atoms with Crippen molar-refractivity contribution in [1.29, 1.82) is 0 Å². The molecular weight excluding hydrogens is 122 g/mol. The molecule has 0 radical (unpaired) electrons. The molecule has 5 heteroatoms. The van der Waals surface area contributed by atoms with Crippen molar-refractivity contribution in [3.8, 4) is 0 Å². The average molecular weight is 135 g/mol. The van der Waals surface area contributed by atoms with E-state index in [4.69, 9.17) is 5.84 Å². The van der Waals surface area contributed by atoms with Gasteiger partial charge in [0.25, 0.3) is 0 Å². The van der Waals surface area contributed by atoms with Crippen molar-refractivity contribution in [2.45, 2.75) is 19.6 Å². The summed E-state index contributed by atoms with van der Waals surface area (Å²) in [6, 6.07) is 0. The van der Waals surface area contributed by atoms with Crippen molar-refractivity contribution >= 4 is 0 Å². The molecule has 9 heavy (non-hydrogen) atoms. The van der Waals surface area contributed by atoms with Gasteiger partial charge in [-0.25, -0.2) is 0 Å². The molecule has 0 bridgehead atoms. The van der Waals surface area contributed by atoms with Crippen LogP contribution in [0.5, 0.6) is 0 Å². The smallest absolute Gasteiger partial charge is 0.175 e. The first-order valence-corrected chi connectivity index (χ1v) is 2.65. The highest BCUT2D eigenvalue weighted by Gasteiger charge is 2.18. The Morgan fingerprint density at radius 2 is 2.11 bits per heavy atom. The fourth-order valence-corrected chi connectivity index (χ4v) is 0.303. The van der Waals surface area contributed by atoms with Gasteiger partial charge in [-0.3, -0.25) is 5.32 Å². The van der Waals surface area contributed by atoms with E-state index < -0.39 is 11.1 Å². The zero-order valence-electron chi connectivity index (χ0n) is 5.89. The maximum absolute atomic E-state index is 10.1. The lowest BCUT2D eigenvalue weighted by molar-refractivity contribution is -1.07. The summed E-state index contributed by atoms with van der Waals surface area (Å²) in [5.41, 5.74) is -0.661. The number of nitrogens with two attached hydrogens (primary N) is 1. The molecule has 0 heterocycles. The van der Waals surface area contributed by atoms with Crippen LogP contribution in [-0.4, -0.2) is 12.8 Å². The van der Waals surface area contributed by atoms with Gasteiger partial charge in [-0.05, 0) is 20.9 Å². The summed E-state index contributed by atoms with van der Waals surface area (Å²) in [5.74, 6) is 4.75. The molecule has 0 rings (SSSR count). The summed E-state index contributed by atoms with van der Waals surface area (Å²) >= 11 is 0. The standard InChI is InChI=1S/C4H13N3O2/c1-4(2,6-3)9-7(5)8/h6-7H,5H2,1-3H3. The largest absolute Gasteiger partial charge is 0.580 e. The quantitative estimate of drug-likeness (QED) is 0.241. The van der Waals surface area contributed by atoms with E-state index in [0.29, 0.717) is 0 Å². The molecule has 1 atom stereocenters. The van der Waals surface area contributed by atoms with Gasteiger partial charge in [0.05, 0.1) is 0 Å². The van der Waals surface area contributed by atoms with Gasteiger partial charge in [0.15, 0.2) is 5.72 Å². The molecule has 56 valence electrons. The highest BCUT2D eigenvalue weighted by molar-refractivity contribution is 4.56. The second-order valence-electron chi connectivity index (χ2n) is 2.18. The summed E-state index contributed by atoms with van der Waals surface area (Å²) in [6.07, 6.45) is 0. The maximum Gasteiger partial charge on any atom is 0.175 e. The lowest BCUT2D eigenvalue weighted by atomic mass is 10.3. The third kappa shape index (κ3) is 4.31. The van der Waals surface area contributed by atoms with E-state index in [2.05, 4.69) is 10.2 Å². The maximum atomic E-state index is 10.1. The minimum atomic E-state index is -0.769. The second kappa shape index (κ2) is 3.09. The van der Waals surface area contributed by atoms with Crippen LogP contribution in [0.1, 0.15) is 13.8 Å². The van der Waals surface area contributed by atoms with Crippen molar-refractivity contribution in [1.82, 2.24) is 5.32 Å². The minimum Gasteiger partial charge on any atom is -0.580 e. The van der Waals surface area contributed by atoms with E-state index in [1.165, 1.54) is 0 Å². The number of quaternary nitrogens is 1. The molecule has 0 saturated carbocycles. The van der Waals surface area contributed by atoms with Crippen molar-refractivity contribution in [3.63, 3.8) is 0 Å². The fourth-order valence-electron chi connectivity index (χ4n) is 0.303. The van der Waals surface area contributed by atoms with Crippen molar-refractivity contribution in [2.75, 3.05) is 7.05 Å². The van der Waals surface area contributed by atoms with E-state index >= 15 is 0 Å². The summed E-state index contributed by atoms with van der Waals surface area (Å²) in [4.78, 5) is 4.61. The molecule has 0 spiro atoms. The lowest BCUT2D eigenvalue weighted by Gasteiger charge is -2.26. The van der Waals surface area contributed by atoms with E-state index in [1.807, 2.05) is 0 Å². The molecule has 0 aliphatic carbocycles. The Hall–Kier alpha value is -0.200. The van der Waals surface area contributed by atoms with E-state index in [-0.39, 0.29) is 0 Å². The third-order valence-corrected chi connectivity index (χ3v) is 0.958. The van der Waals surface area contributed by atoms with Gasteiger partial charge >= 0.3 is 0 Å². The summed E-state index contributed by atoms with van der Waals surface area (Å²) < 4.78 is 0. The Balaban J connectivity index is 3.58. The van der Waals surface area contributed by atoms with E-state index in [0.717, 1.165) is 0 Å². The number of rotatable bonds is 3. The van der Waals surface area contributed by atoms with E-state index in [9.17, 15) is 5.21 Å². The molecule has 0 fully saturated rings. The normalized spacial score (nSPS) is 15.7. The van der Waals surface area contributed by atoms with Crippen LogP contribution in [0.2, 0.25) is 0 Å². The Kier molecular flexibility index (Phi) is 3.02. The van der Waals surface area contributed by atoms with Crippen molar-refractivity contribution in [3.05, 3.63) is 5.21 Å². The van der Waals surface area contributed by atoms with E-state index in [1.54, 1.807) is 20.9 Å². The van der Waals surface area contributed by atoms with Crippen LogP contribution in [0.4, 0.5) is 0 Å². The summed E-state index contributed by atoms with van der Waals surface area (Å²) in [7, 11) is 1.68. The number of nitrogens with one attached hydrogen (secondary N) is 2. The SMILES string of the molecule is CNC(C)(C)O[NH+](N)[O-]. The molecular formula is C4H13N3O2. The molecule has 4 N–H and O–H groups in total. The van der Waals surface area contributed by atoms with Crippen LogP contribution in [0, 0.1) is 5.21 Å². The Labute approximate surface area is 54.3 Å². The molecule has 0 aliphatic rings. The molecule has 5 nitrogen and oxygen atoms in total. The van der Waals surface area contributed by atoms with Gasteiger partial charge in [0, 0.05) is 0 Å². The topological polar surface area (TPSA) is 74.8 Å². The van der Waals surface area contributed by atoms with Crippen molar-refractivity contribution in [2.24, 2.45) is 5.84 Å². The molecule has 0 aromatic heterocycles. The molecule has 0 aromatic carbocycles. The Morgan fingerprint density at radius 1 is 1.67 bits per heavy atom. The van der Waals surface area contributed by atoms with Crippen LogP contribution >= 0.6 is 0 Å². The van der Waals surface area contributed by atoms with Gasteiger partial charge in [-0.2, -0.15) is 4.84 Å². The highest BCUT2D eigenvalue weighted by atomic mass is 16.9. The summed E-state index contributed by atoms with van der Waals surface area (Å²) in [5, 5.41) is 12.1. The van der Waals surface area contributed by atoms with Crippen LogP contribution in [0.3, 0.4) is 0 Å². The Bertz CT molecular complexity index is 83.9. The zero-order valence-corrected chi connectivity index (χ0v) is 5.89. The second-order valence-corrected chi connectivity index (χ2v) is 2.18. The first-order valence-electron chi connectivity index (χ1n) is 2.65. The van der Waals surface area contributed by atoms with Crippen LogP contribution in [0.25, 0.3) is 0 Å². The molecule has 0 amide bonds. The monoisotopic (exact) mass is 135 g/mol. The van der Waals surface area contributed by atoms with Crippen LogP contribution in [0.15, 0.2) is 0 Å². The fraction of sp³-hybridized carbons (Fsp3) is 1.00. The van der Waals surface area contributed by atoms with Gasteiger partial charge in [-0.15, -0.1) is 11.2 Å². The minimum absolute atomic E-state index is 0.661. The number of hydrogen-bond acceptors (Lipinski definition) is 4. The van der Waals surface area contributed by atoms with Gasteiger partial charge in [-0.1, -0.05) is 0 Å². The van der Waals surface area contributed by atoms with Crippen LogP contribution < -0.4 is 16.5 Å². The number of hydrogen-bond donors (Lipinski definition) is 3. The zero-order chi connectivity index (χ0) is 7.49. The third-order valence-electron chi connectivity index (χ3n) is 0.958. The molecule has 1 unspecified atom stereocenters. The lowest BCUT2D eigenvalue weighted by Crippen LogP contribution is -3.13. The highest BCUT2D eigenvalue weighted by Crippen LogP contribution is 1.95. The molecule has 0 aliphatic heterocycles. The van der Waals surface area contributed by atoms with Crippen molar-refractivity contribution < 1.29 is 10.2 Å². The van der Waals surface area contributed by atoms with Crippen LogP contribution in [-0.2, 0) is 4.84 Å². The van der Waals surface area contributed by atoms with Gasteiger partial charge < -0.3 is 5.21 Å². The Morgan fingerprint density at radius 3 is 2.22 bits per heavy atom. The first kappa shape index (κ1) is 8.80. The molecule has 0 saturated heterocycles. The molecule has 0 aromatic rings. The van der Waals surface area contributed by atoms with Gasteiger partial charge in [0.2, 0.25) is 0 Å². The van der Waals surface area contributed by atoms with Gasteiger partial charge in [0.1, 0.15) is 0 Å². The predicted octanol–water partition coefficient (Wildman–Crippen LogP) is -1.87. The summed E-state index contributed by atoms with van der Waals surface area (Å²) in [6.45, 7) is 3.41. The average Bonchev–Trinajstić information content (AvgIpc) is 1.63. The predicted molar refractivity (Wildman–Crippen MR) is 32.7 cm³/mol. The first-order chi connectivity index (χ1) is 3.98.